The van der Waals surface area contributed by atoms with Gasteiger partial charge in [0, 0.05) is 45.6 Å². The van der Waals surface area contributed by atoms with E-state index >= 15 is 0 Å². The number of aromatic nitrogens is 1. The third-order valence-corrected chi connectivity index (χ3v) is 8.64. The molecule has 0 saturated carbocycles. The minimum absolute atomic E-state index is 1.09. The number of thiophene rings is 1. The number of hydrogen-bond acceptors (Lipinski definition) is 1. The zero-order chi connectivity index (χ0) is 22.8. The van der Waals surface area contributed by atoms with Crippen LogP contribution in [0, 0.1) is 0 Å². The van der Waals surface area contributed by atoms with Gasteiger partial charge >= 0.3 is 0 Å². The van der Waals surface area contributed by atoms with Gasteiger partial charge in [-0.3, -0.25) is 0 Å². The summed E-state index contributed by atoms with van der Waals surface area (Å²) in [5.74, 6) is 0. The van der Waals surface area contributed by atoms with Crippen molar-refractivity contribution in [3.05, 3.63) is 112 Å². The summed E-state index contributed by atoms with van der Waals surface area (Å²) in [4.78, 5) is 0. The summed E-state index contributed by atoms with van der Waals surface area (Å²) in [6.07, 6.45) is 0. The van der Waals surface area contributed by atoms with E-state index in [9.17, 15) is 0 Å². The van der Waals surface area contributed by atoms with Crippen LogP contribution in [0.1, 0.15) is 0 Å². The lowest BCUT2D eigenvalue weighted by molar-refractivity contribution is 1.18. The van der Waals surface area contributed by atoms with Crippen LogP contribution in [0.4, 0.5) is 0 Å². The van der Waals surface area contributed by atoms with Crippen LogP contribution in [-0.4, -0.2) is 4.57 Å². The standard InChI is InChI=1S/C30H17Br2NS/c31-20-9-11-27-24(16-20)25-17-21(32)10-12-28(25)33(27)22-5-3-4-18(14-22)19-8-13-30-26(15-19)23-6-1-2-7-29(23)34-30/h1-17H. The van der Waals surface area contributed by atoms with Crippen molar-refractivity contribution >= 4 is 85.2 Å². The van der Waals surface area contributed by atoms with Gasteiger partial charge in [0.05, 0.1) is 11.0 Å². The largest absolute Gasteiger partial charge is 0.309 e. The summed E-state index contributed by atoms with van der Waals surface area (Å²) in [5.41, 5.74) is 6.03. The highest BCUT2D eigenvalue weighted by Crippen LogP contribution is 2.38. The minimum atomic E-state index is 1.09. The summed E-state index contributed by atoms with van der Waals surface area (Å²) in [6.45, 7) is 0. The van der Waals surface area contributed by atoms with E-state index in [-0.39, 0.29) is 0 Å². The summed E-state index contributed by atoms with van der Waals surface area (Å²) in [7, 11) is 0. The molecule has 0 aliphatic rings. The molecular formula is C30H17Br2NS. The zero-order valence-corrected chi connectivity index (χ0v) is 21.9. The van der Waals surface area contributed by atoms with Crippen LogP contribution in [0.5, 0.6) is 0 Å². The van der Waals surface area contributed by atoms with E-state index in [1.165, 1.54) is 53.1 Å². The summed E-state index contributed by atoms with van der Waals surface area (Å²) in [6, 6.07) is 37.4. The summed E-state index contributed by atoms with van der Waals surface area (Å²) >= 11 is 9.18. The Labute approximate surface area is 217 Å². The molecule has 0 unspecified atom stereocenters. The molecule has 4 heteroatoms. The molecule has 0 saturated heterocycles. The van der Waals surface area contributed by atoms with E-state index in [1.807, 2.05) is 11.3 Å². The van der Waals surface area contributed by atoms with Crippen LogP contribution < -0.4 is 0 Å². The van der Waals surface area contributed by atoms with Crippen molar-refractivity contribution in [3.63, 3.8) is 0 Å². The van der Waals surface area contributed by atoms with Crippen LogP contribution in [-0.2, 0) is 0 Å². The van der Waals surface area contributed by atoms with Crippen molar-refractivity contribution in [1.29, 1.82) is 0 Å². The highest BCUT2D eigenvalue weighted by molar-refractivity contribution is 9.10. The second-order valence-electron chi connectivity index (χ2n) is 8.52. The number of nitrogens with zero attached hydrogens (tertiary/aromatic N) is 1. The van der Waals surface area contributed by atoms with Gasteiger partial charge in [-0.15, -0.1) is 11.3 Å². The fraction of sp³-hybridized carbons (Fsp3) is 0. The SMILES string of the molecule is Brc1ccc2c(c1)c1cc(Br)ccc1n2-c1cccc(-c2ccc3sc4ccccc4c3c2)c1. The highest BCUT2D eigenvalue weighted by atomic mass is 79.9. The molecule has 0 spiro atoms. The molecule has 0 aliphatic heterocycles. The van der Waals surface area contributed by atoms with Crippen LogP contribution in [0.3, 0.4) is 0 Å². The minimum Gasteiger partial charge on any atom is -0.309 e. The number of rotatable bonds is 2. The Morgan fingerprint density at radius 3 is 1.94 bits per heavy atom. The van der Waals surface area contributed by atoms with Crippen LogP contribution >= 0.6 is 43.2 Å². The van der Waals surface area contributed by atoms with Gasteiger partial charge in [0.15, 0.2) is 0 Å². The molecule has 0 amide bonds. The lowest BCUT2D eigenvalue weighted by atomic mass is 10.0. The maximum Gasteiger partial charge on any atom is 0.0541 e. The number of halogens is 2. The van der Waals surface area contributed by atoms with Crippen LogP contribution in [0.2, 0.25) is 0 Å². The molecule has 7 aromatic rings. The van der Waals surface area contributed by atoms with Crippen molar-refractivity contribution in [1.82, 2.24) is 4.57 Å². The van der Waals surface area contributed by atoms with Crippen molar-refractivity contribution < 1.29 is 0 Å². The van der Waals surface area contributed by atoms with Crippen molar-refractivity contribution in [2.75, 3.05) is 0 Å². The molecule has 2 aromatic heterocycles. The van der Waals surface area contributed by atoms with Gasteiger partial charge in [0.25, 0.3) is 0 Å². The van der Waals surface area contributed by atoms with E-state index < -0.39 is 0 Å². The Morgan fingerprint density at radius 2 is 1.18 bits per heavy atom. The predicted molar refractivity (Wildman–Crippen MR) is 155 cm³/mol. The Kier molecular flexibility index (Phi) is 4.70. The second-order valence-corrected chi connectivity index (χ2v) is 11.4. The van der Waals surface area contributed by atoms with Crippen LogP contribution in [0.15, 0.2) is 112 Å². The molecular weight excluding hydrogens is 566 g/mol. The number of fused-ring (bicyclic) bond motifs is 6. The van der Waals surface area contributed by atoms with Gasteiger partial charge in [-0.2, -0.15) is 0 Å². The van der Waals surface area contributed by atoms with Crippen molar-refractivity contribution in [2.24, 2.45) is 0 Å². The third-order valence-electron chi connectivity index (χ3n) is 6.50. The molecule has 0 fully saturated rings. The Morgan fingerprint density at radius 1 is 0.500 bits per heavy atom. The highest BCUT2D eigenvalue weighted by Gasteiger charge is 2.14. The lowest BCUT2D eigenvalue weighted by Crippen LogP contribution is -1.94. The maximum absolute atomic E-state index is 3.66. The molecule has 0 N–H and O–H groups in total. The normalized spacial score (nSPS) is 11.8. The first-order valence-electron chi connectivity index (χ1n) is 11.1. The van der Waals surface area contributed by atoms with Gasteiger partial charge < -0.3 is 4.57 Å². The van der Waals surface area contributed by atoms with Gasteiger partial charge in [0.2, 0.25) is 0 Å². The van der Waals surface area contributed by atoms with E-state index in [4.69, 9.17) is 0 Å². The molecule has 0 aliphatic carbocycles. The summed E-state index contributed by atoms with van der Waals surface area (Å²) < 4.78 is 7.21. The molecule has 0 atom stereocenters. The first kappa shape index (κ1) is 20.5. The molecule has 7 rings (SSSR count). The smallest absolute Gasteiger partial charge is 0.0541 e. The van der Waals surface area contributed by atoms with Crippen molar-refractivity contribution in [2.45, 2.75) is 0 Å². The molecule has 2 heterocycles. The van der Waals surface area contributed by atoms with Gasteiger partial charge in [-0.05, 0) is 77.9 Å². The summed E-state index contributed by atoms with van der Waals surface area (Å²) in [5, 5.41) is 5.14. The predicted octanol–water partition coefficient (Wildman–Crippen LogP) is 10.3. The first-order valence-corrected chi connectivity index (χ1v) is 13.5. The van der Waals surface area contributed by atoms with E-state index in [0.29, 0.717) is 0 Å². The quantitative estimate of drug-likeness (QED) is 0.191. The molecule has 1 nitrogen and oxygen atoms in total. The number of hydrogen-bond donors (Lipinski definition) is 0. The lowest BCUT2D eigenvalue weighted by Gasteiger charge is -2.11. The van der Waals surface area contributed by atoms with E-state index in [1.54, 1.807) is 0 Å². The molecule has 34 heavy (non-hydrogen) atoms. The number of benzene rings is 5. The van der Waals surface area contributed by atoms with Crippen molar-refractivity contribution in [3.8, 4) is 16.8 Å². The van der Waals surface area contributed by atoms with E-state index in [2.05, 4.69) is 140 Å². The van der Waals surface area contributed by atoms with E-state index in [0.717, 1.165) is 14.6 Å². The molecule has 0 bridgehead atoms. The second kappa shape index (κ2) is 7.81. The Bertz CT molecular complexity index is 1830. The fourth-order valence-corrected chi connectivity index (χ4v) is 6.78. The third kappa shape index (κ3) is 3.17. The molecule has 0 radical (unpaired) electrons. The molecule has 162 valence electrons. The molecule has 5 aromatic carbocycles. The Hall–Kier alpha value is -2.92. The van der Waals surface area contributed by atoms with Gasteiger partial charge in [0.1, 0.15) is 0 Å². The van der Waals surface area contributed by atoms with Gasteiger partial charge in [-0.25, -0.2) is 0 Å². The average molecular weight is 583 g/mol. The first-order chi connectivity index (χ1) is 16.7. The average Bonchev–Trinajstić information content (AvgIpc) is 3.39. The Balaban J connectivity index is 1.46. The van der Waals surface area contributed by atoms with Crippen LogP contribution in [0.25, 0.3) is 58.8 Å². The topological polar surface area (TPSA) is 4.93 Å². The fourth-order valence-electron chi connectivity index (χ4n) is 4.98. The maximum atomic E-state index is 3.66. The van der Waals surface area contributed by atoms with Gasteiger partial charge in [-0.1, -0.05) is 68.3 Å². The monoisotopic (exact) mass is 581 g/mol. The zero-order valence-electron chi connectivity index (χ0n) is 17.9.